The first-order valence-corrected chi connectivity index (χ1v) is 8.61. The van der Waals surface area contributed by atoms with Crippen molar-refractivity contribution >= 4 is 36.5 Å². The first-order chi connectivity index (χ1) is 11.3. The van der Waals surface area contributed by atoms with Crippen LogP contribution in [-0.4, -0.2) is 49.8 Å². The molecule has 2 fully saturated rings. The minimum atomic E-state index is -0.243. The van der Waals surface area contributed by atoms with Gasteiger partial charge in [-0.3, -0.25) is 4.79 Å². The van der Waals surface area contributed by atoms with Crippen molar-refractivity contribution in [3.05, 3.63) is 23.9 Å². The van der Waals surface area contributed by atoms with Gasteiger partial charge in [-0.15, -0.1) is 24.8 Å². The van der Waals surface area contributed by atoms with Crippen LogP contribution in [0, 0.1) is 0 Å². The number of aromatic nitrogens is 1. The highest BCUT2D eigenvalue weighted by Gasteiger charge is 2.20. The van der Waals surface area contributed by atoms with Crippen molar-refractivity contribution in [3.63, 3.8) is 0 Å². The van der Waals surface area contributed by atoms with Crippen LogP contribution >= 0.6 is 24.8 Å². The van der Waals surface area contributed by atoms with Gasteiger partial charge in [0.05, 0.1) is 13.2 Å². The molecule has 1 aromatic rings. The Morgan fingerprint density at radius 2 is 2.00 bits per heavy atom. The molecule has 1 amide bonds. The van der Waals surface area contributed by atoms with E-state index in [1.807, 2.05) is 6.20 Å². The number of amides is 1. The fraction of sp³-hybridized carbons (Fsp3) is 0.647. The number of rotatable bonds is 4. The minimum Gasteiger partial charge on any atom is -0.378 e. The molecule has 2 N–H and O–H groups in total. The van der Waals surface area contributed by atoms with Gasteiger partial charge in [0.2, 0.25) is 5.91 Å². The molecule has 142 valence electrons. The molecule has 25 heavy (non-hydrogen) atoms. The summed E-state index contributed by atoms with van der Waals surface area (Å²) in [6, 6.07) is 3.88. The lowest BCUT2D eigenvalue weighted by molar-refractivity contribution is -0.126. The van der Waals surface area contributed by atoms with Crippen LogP contribution in [-0.2, 0) is 16.1 Å². The monoisotopic (exact) mass is 390 g/mol. The summed E-state index contributed by atoms with van der Waals surface area (Å²) in [7, 11) is 0. The molecule has 2 aliphatic rings. The second-order valence-electron chi connectivity index (χ2n) is 6.23. The smallest absolute Gasteiger partial charge is 0.239 e. The maximum Gasteiger partial charge on any atom is 0.239 e. The van der Waals surface area contributed by atoms with Crippen molar-refractivity contribution in [3.8, 4) is 0 Å². The van der Waals surface area contributed by atoms with E-state index in [1.54, 1.807) is 0 Å². The lowest BCUT2D eigenvalue weighted by Crippen LogP contribution is -2.51. The molecule has 1 atom stereocenters. The summed E-state index contributed by atoms with van der Waals surface area (Å²) >= 11 is 0. The zero-order chi connectivity index (χ0) is 15.9. The fourth-order valence-electron chi connectivity index (χ4n) is 3.05. The van der Waals surface area contributed by atoms with Gasteiger partial charge in [0.1, 0.15) is 11.9 Å². The van der Waals surface area contributed by atoms with Gasteiger partial charge in [-0.25, -0.2) is 4.98 Å². The maximum atomic E-state index is 12.0. The van der Waals surface area contributed by atoms with Crippen LogP contribution in [0.2, 0.25) is 0 Å². The van der Waals surface area contributed by atoms with E-state index in [2.05, 4.69) is 32.7 Å². The number of pyridine rings is 1. The Kier molecular flexibility index (Phi) is 10.1. The summed E-state index contributed by atoms with van der Waals surface area (Å²) in [5.74, 6) is 1.03. The van der Waals surface area contributed by atoms with Gasteiger partial charge < -0.3 is 20.3 Å². The molecule has 2 aliphatic heterocycles. The molecule has 1 aromatic heterocycles. The Labute approximate surface area is 161 Å². The SMILES string of the molecule is Cl.Cl.O=C(NCc1ccc(N2CCCCCC2)nc1)C1COCCN1. The van der Waals surface area contributed by atoms with Crippen molar-refractivity contribution < 1.29 is 9.53 Å². The van der Waals surface area contributed by atoms with Crippen LogP contribution in [0.1, 0.15) is 31.2 Å². The molecule has 2 saturated heterocycles. The molecule has 8 heteroatoms. The third-order valence-electron chi connectivity index (χ3n) is 4.44. The number of halogens is 2. The van der Waals surface area contributed by atoms with Crippen molar-refractivity contribution in [1.29, 1.82) is 0 Å². The highest BCUT2D eigenvalue weighted by atomic mass is 35.5. The Morgan fingerprint density at radius 1 is 1.24 bits per heavy atom. The molecule has 1 unspecified atom stereocenters. The Balaban J connectivity index is 0.00000156. The summed E-state index contributed by atoms with van der Waals surface area (Å²) in [5, 5.41) is 6.10. The number of ether oxygens (including phenoxy) is 1. The number of morpholine rings is 1. The summed E-state index contributed by atoms with van der Waals surface area (Å²) < 4.78 is 5.31. The van der Waals surface area contributed by atoms with Crippen LogP contribution in [0.25, 0.3) is 0 Å². The van der Waals surface area contributed by atoms with E-state index in [9.17, 15) is 4.79 Å². The molecule has 0 bridgehead atoms. The second-order valence-corrected chi connectivity index (χ2v) is 6.23. The van der Waals surface area contributed by atoms with E-state index in [4.69, 9.17) is 4.74 Å². The molecule has 0 saturated carbocycles. The van der Waals surface area contributed by atoms with Crippen LogP contribution in [0.3, 0.4) is 0 Å². The average Bonchev–Trinajstić information content (AvgIpc) is 2.90. The van der Waals surface area contributed by atoms with E-state index >= 15 is 0 Å². The summed E-state index contributed by atoms with van der Waals surface area (Å²) in [5.41, 5.74) is 1.02. The zero-order valence-electron chi connectivity index (χ0n) is 14.4. The van der Waals surface area contributed by atoms with Crippen LogP contribution in [0.15, 0.2) is 18.3 Å². The lowest BCUT2D eigenvalue weighted by atomic mass is 10.2. The first-order valence-electron chi connectivity index (χ1n) is 8.61. The molecule has 3 heterocycles. The predicted octanol–water partition coefficient (Wildman–Crippen LogP) is 1.91. The minimum absolute atomic E-state index is 0. The topological polar surface area (TPSA) is 66.5 Å². The van der Waals surface area contributed by atoms with Crippen molar-refractivity contribution in [2.45, 2.75) is 38.3 Å². The molecule has 0 aliphatic carbocycles. The van der Waals surface area contributed by atoms with E-state index in [-0.39, 0.29) is 36.8 Å². The zero-order valence-corrected chi connectivity index (χ0v) is 16.0. The summed E-state index contributed by atoms with van der Waals surface area (Å²) in [6.45, 7) is 4.53. The average molecular weight is 391 g/mol. The van der Waals surface area contributed by atoms with Crippen molar-refractivity contribution in [2.75, 3.05) is 37.7 Å². The molecule has 0 spiro atoms. The van der Waals surface area contributed by atoms with Crippen molar-refractivity contribution in [1.82, 2.24) is 15.6 Å². The molecular formula is C17H28Cl2N4O2. The van der Waals surface area contributed by atoms with Crippen LogP contribution < -0.4 is 15.5 Å². The Hall–Kier alpha value is -1.08. The van der Waals surface area contributed by atoms with Crippen LogP contribution in [0.5, 0.6) is 0 Å². The standard InChI is InChI=1S/C17H26N4O2.2ClH/c22-17(15-13-23-10-7-18-15)20-12-14-5-6-16(19-11-14)21-8-3-1-2-4-9-21;;/h5-6,11,15,18H,1-4,7-10,12-13H2,(H,20,22);2*1H. The summed E-state index contributed by atoms with van der Waals surface area (Å²) in [4.78, 5) is 19.0. The second kappa shape index (κ2) is 11.5. The highest BCUT2D eigenvalue weighted by molar-refractivity contribution is 5.85. The molecule has 0 radical (unpaired) electrons. The van der Waals surface area contributed by atoms with Gasteiger partial charge in [-0.1, -0.05) is 18.9 Å². The number of hydrogen-bond acceptors (Lipinski definition) is 5. The predicted molar refractivity (Wildman–Crippen MR) is 104 cm³/mol. The van der Waals surface area contributed by atoms with Gasteiger partial charge in [0.25, 0.3) is 0 Å². The molecule has 0 aromatic carbocycles. The lowest BCUT2D eigenvalue weighted by Gasteiger charge is -2.23. The highest BCUT2D eigenvalue weighted by Crippen LogP contribution is 2.17. The van der Waals surface area contributed by atoms with E-state index < -0.39 is 0 Å². The van der Waals surface area contributed by atoms with E-state index in [0.717, 1.165) is 31.0 Å². The van der Waals surface area contributed by atoms with E-state index in [0.29, 0.717) is 19.8 Å². The van der Waals surface area contributed by atoms with Crippen molar-refractivity contribution in [2.24, 2.45) is 0 Å². The fourth-order valence-corrected chi connectivity index (χ4v) is 3.05. The number of carbonyl (C=O) groups is 1. The number of nitrogens with one attached hydrogen (secondary N) is 2. The molecule has 6 nitrogen and oxygen atoms in total. The first kappa shape index (κ1) is 22.0. The quantitative estimate of drug-likeness (QED) is 0.821. The number of nitrogens with zero attached hydrogens (tertiary/aromatic N) is 2. The summed E-state index contributed by atoms with van der Waals surface area (Å²) in [6.07, 6.45) is 7.00. The Morgan fingerprint density at radius 3 is 2.60 bits per heavy atom. The Bertz CT molecular complexity index is 502. The molecular weight excluding hydrogens is 363 g/mol. The molecule has 3 rings (SSSR count). The van der Waals surface area contributed by atoms with Crippen LogP contribution in [0.4, 0.5) is 5.82 Å². The number of carbonyl (C=O) groups excluding carboxylic acids is 1. The van der Waals surface area contributed by atoms with Gasteiger partial charge in [0, 0.05) is 32.4 Å². The van der Waals surface area contributed by atoms with E-state index in [1.165, 1.54) is 25.7 Å². The third-order valence-corrected chi connectivity index (χ3v) is 4.44. The van der Waals surface area contributed by atoms with Gasteiger partial charge >= 0.3 is 0 Å². The maximum absolute atomic E-state index is 12.0. The van der Waals surface area contributed by atoms with Gasteiger partial charge in [-0.2, -0.15) is 0 Å². The van der Waals surface area contributed by atoms with Gasteiger partial charge in [-0.05, 0) is 24.5 Å². The normalized spacial score (nSPS) is 20.6. The number of anilines is 1. The van der Waals surface area contributed by atoms with Gasteiger partial charge in [0.15, 0.2) is 0 Å². The largest absolute Gasteiger partial charge is 0.378 e. The number of hydrogen-bond donors (Lipinski definition) is 2. The third kappa shape index (κ3) is 6.62.